The summed E-state index contributed by atoms with van der Waals surface area (Å²) in [6.45, 7) is 9.54. The van der Waals surface area contributed by atoms with E-state index in [9.17, 15) is 4.79 Å². The summed E-state index contributed by atoms with van der Waals surface area (Å²) in [5.74, 6) is 1.30. The van der Waals surface area contributed by atoms with Crippen LogP contribution in [0.15, 0.2) is 29.3 Å². The number of aromatic nitrogens is 5. The third-order valence-electron chi connectivity index (χ3n) is 4.52. The Bertz CT molecular complexity index is 992. The maximum absolute atomic E-state index is 11.7. The van der Waals surface area contributed by atoms with Gasteiger partial charge >= 0.3 is 0 Å². The minimum Gasteiger partial charge on any atom is -0.380 e. The molecule has 3 rings (SSSR count). The molecule has 0 saturated carbocycles. The summed E-state index contributed by atoms with van der Waals surface area (Å²) < 4.78 is 8.85. The van der Waals surface area contributed by atoms with E-state index in [4.69, 9.17) is 14.7 Å². The molecule has 0 aliphatic rings. The van der Waals surface area contributed by atoms with Crippen LogP contribution in [0.2, 0.25) is 0 Å². The highest BCUT2D eigenvalue weighted by Gasteiger charge is 2.16. The van der Waals surface area contributed by atoms with Gasteiger partial charge in [0.15, 0.2) is 5.82 Å². The largest absolute Gasteiger partial charge is 0.380 e. The first kappa shape index (κ1) is 19.8. The Morgan fingerprint density at radius 3 is 2.64 bits per heavy atom. The van der Waals surface area contributed by atoms with Crippen LogP contribution in [0, 0.1) is 0 Å². The van der Waals surface area contributed by atoms with Gasteiger partial charge in [-0.1, -0.05) is 0 Å². The quantitative estimate of drug-likeness (QED) is 0.565. The first-order valence-electron chi connectivity index (χ1n) is 9.57. The molecule has 28 heavy (non-hydrogen) atoms. The van der Waals surface area contributed by atoms with Gasteiger partial charge in [-0.25, -0.2) is 4.98 Å². The normalized spacial score (nSPS) is 11.1. The molecule has 3 heterocycles. The Labute approximate surface area is 164 Å². The van der Waals surface area contributed by atoms with Crippen molar-refractivity contribution in [3.05, 3.63) is 34.9 Å². The second kappa shape index (κ2) is 8.83. The molecule has 0 saturated heterocycles. The molecule has 3 aromatic rings. The van der Waals surface area contributed by atoms with Gasteiger partial charge in [0.25, 0.3) is 0 Å². The van der Waals surface area contributed by atoms with Crippen molar-refractivity contribution >= 4 is 28.5 Å². The smallest absolute Gasteiger partial charge is 0.250 e. The van der Waals surface area contributed by atoms with E-state index in [0.717, 1.165) is 29.8 Å². The Hall–Kier alpha value is -2.94. The van der Waals surface area contributed by atoms with E-state index >= 15 is 0 Å². The summed E-state index contributed by atoms with van der Waals surface area (Å²) in [6.07, 6.45) is 3.50. The SMILES string of the molecule is CCOCCn1ncc2nc(N(CC)CC)nc(Nc3ccc(=O)n(C)c3)c21. The number of fused-ring (bicyclic) bond motifs is 1. The number of aryl methyl sites for hydroxylation is 1. The first-order valence-corrected chi connectivity index (χ1v) is 9.57. The fraction of sp³-hybridized carbons (Fsp3) is 0.474. The number of hydrogen-bond donors (Lipinski definition) is 1. The van der Waals surface area contributed by atoms with Crippen LogP contribution in [0.5, 0.6) is 0 Å². The maximum Gasteiger partial charge on any atom is 0.250 e. The van der Waals surface area contributed by atoms with Crippen LogP contribution in [0.3, 0.4) is 0 Å². The van der Waals surface area contributed by atoms with Gasteiger partial charge in [-0.05, 0) is 26.8 Å². The Morgan fingerprint density at radius 1 is 1.18 bits per heavy atom. The summed E-state index contributed by atoms with van der Waals surface area (Å²) >= 11 is 0. The average molecular weight is 385 g/mol. The molecular weight excluding hydrogens is 358 g/mol. The molecule has 0 amide bonds. The molecule has 0 radical (unpaired) electrons. The highest BCUT2D eigenvalue weighted by Crippen LogP contribution is 2.26. The number of rotatable bonds is 9. The number of anilines is 3. The minimum atomic E-state index is -0.0658. The number of pyridine rings is 1. The molecule has 0 spiro atoms. The van der Waals surface area contributed by atoms with Crippen molar-refractivity contribution in [2.75, 3.05) is 36.5 Å². The van der Waals surface area contributed by atoms with Crippen molar-refractivity contribution in [3.8, 4) is 0 Å². The van der Waals surface area contributed by atoms with Gasteiger partial charge in [0.1, 0.15) is 11.0 Å². The second-order valence-corrected chi connectivity index (χ2v) is 6.33. The van der Waals surface area contributed by atoms with Crippen molar-refractivity contribution < 1.29 is 4.74 Å². The zero-order chi connectivity index (χ0) is 20.1. The van der Waals surface area contributed by atoms with Gasteiger partial charge in [-0.3, -0.25) is 9.48 Å². The van der Waals surface area contributed by atoms with Gasteiger partial charge in [0.05, 0.1) is 25.0 Å². The van der Waals surface area contributed by atoms with Crippen molar-refractivity contribution in [2.24, 2.45) is 7.05 Å². The topological polar surface area (TPSA) is 90.1 Å². The zero-order valence-electron chi connectivity index (χ0n) is 16.8. The van der Waals surface area contributed by atoms with Crippen LogP contribution in [-0.2, 0) is 18.3 Å². The van der Waals surface area contributed by atoms with E-state index in [0.29, 0.717) is 31.5 Å². The molecule has 0 fully saturated rings. The summed E-state index contributed by atoms with van der Waals surface area (Å²) in [6, 6.07) is 3.27. The number of ether oxygens (including phenoxy) is 1. The predicted molar refractivity (Wildman–Crippen MR) is 110 cm³/mol. The van der Waals surface area contributed by atoms with Crippen LogP contribution in [0.25, 0.3) is 11.0 Å². The van der Waals surface area contributed by atoms with Crippen molar-refractivity contribution in [2.45, 2.75) is 27.3 Å². The molecule has 1 N–H and O–H groups in total. The van der Waals surface area contributed by atoms with Gasteiger partial charge in [0.2, 0.25) is 11.5 Å². The lowest BCUT2D eigenvalue weighted by molar-refractivity contribution is 0.137. The third-order valence-corrected chi connectivity index (χ3v) is 4.52. The monoisotopic (exact) mass is 385 g/mol. The molecule has 9 heteroatoms. The van der Waals surface area contributed by atoms with E-state index < -0.39 is 0 Å². The van der Waals surface area contributed by atoms with E-state index in [-0.39, 0.29) is 5.56 Å². The lowest BCUT2D eigenvalue weighted by atomic mass is 10.3. The molecule has 3 aromatic heterocycles. The van der Waals surface area contributed by atoms with Crippen LogP contribution in [0.1, 0.15) is 20.8 Å². The standard InChI is InChI=1S/C19H27N7O2/c1-5-25(6-2)19-22-15-12-20-26(10-11-28-7-3)17(15)18(23-19)21-14-8-9-16(27)24(4)13-14/h8-9,12-13H,5-7,10-11H2,1-4H3,(H,21,22,23). The van der Waals surface area contributed by atoms with Crippen LogP contribution >= 0.6 is 0 Å². The van der Waals surface area contributed by atoms with Crippen molar-refractivity contribution in [1.82, 2.24) is 24.3 Å². The summed E-state index contributed by atoms with van der Waals surface area (Å²) in [7, 11) is 1.72. The number of nitrogens with one attached hydrogen (secondary N) is 1. The molecule has 0 aliphatic heterocycles. The summed E-state index contributed by atoms with van der Waals surface area (Å²) in [5.41, 5.74) is 2.28. The molecule has 0 unspecified atom stereocenters. The van der Waals surface area contributed by atoms with Gasteiger partial charge < -0.3 is 19.5 Å². The van der Waals surface area contributed by atoms with Crippen LogP contribution < -0.4 is 15.8 Å². The van der Waals surface area contributed by atoms with Crippen molar-refractivity contribution in [1.29, 1.82) is 0 Å². The maximum atomic E-state index is 11.7. The fourth-order valence-electron chi connectivity index (χ4n) is 2.99. The summed E-state index contributed by atoms with van der Waals surface area (Å²) in [5, 5.41) is 7.81. The van der Waals surface area contributed by atoms with Gasteiger partial charge in [-0.15, -0.1) is 0 Å². The van der Waals surface area contributed by atoms with Crippen LogP contribution in [0.4, 0.5) is 17.5 Å². The highest BCUT2D eigenvalue weighted by molar-refractivity contribution is 5.88. The van der Waals surface area contributed by atoms with Gasteiger partial charge in [-0.2, -0.15) is 10.1 Å². The third kappa shape index (κ3) is 4.14. The Kier molecular flexibility index (Phi) is 6.25. The van der Waals surface area contributed by atoms with E-state index in [1.165, 1.54) is 10.6 Å². The molecule has 0 bridgehead atoms. The van der Waals surface area contributed by atoms with Crippen LogP contribution in [-0.4, -0.2) is 50.6 Å². The van der Waals surface area contributed by atoms with Gasteiger partial charge in [0, 0.05) is 39.0 Å². The fourth-order valence-corrected chi connectivity index (χ4v) is 2.99. The first-order chi connectivity index (χ1) is 13.6. The van der Waals surface area contributed by atoms with E-state index in [1.807, 2.05) is 11.6 Å². The highest BCUT2D eigenvalue weighted by atomic mass is 16.5. The molecule has 9 nitrogen and oxygen atoms in total. The molecule has 150 valence electrons. The number of nitrogens with zero attached hydrogens (tertiary/aromatic N) is 6. The summed E-state index contributed by atoms with van der Waals surface area (Å²) in [4.78, 5) is 23.2. The molecular formula is C19H27N7O2. The Balaban J connectivity index is 2.07. The molecule has 0 aliphatic carbocycles. The lowest BCUT2D eigenvalue weighted by Gasteiger charge is -2.20. The predicted octanol–water partition coefficient (Wildman–Crippen LogP) is 2.15. The van der Waals surface area contributed by atoms with E-state index in [1.54, 1.807) is 25.5 Å². The second-order valence-electron chi connectivity index (χ2n) is 6.33. The molecule has 0 aromatic carbocycles. The Morgan fingerprint density at radius 2 is 1.96 bits per heavy atom. The zero-order valence-corrected chi connectivity index (χ0v) is 16.8. The minimum absolute atomic E-state index is 0.0658. The molecule has 0 atom stereocenters. The average Bonchev–Trinajstić information content (AvgIpc) is 3.09. The lowest BCUT2D eigenvalue weighted by Crippen LogP contribution is -2.24. The van der Waals surface area contributed by atoms with Crippen molar-refractivity contribution in [3.63, 3.8) is 0 Å². The number of hydrogen-bond acceptors (Lipinski definition) is 7. The van der Waals surface area contributed by atoms with E-state index in [2.05, 4.69) is 29.2 Å².